The van der Waals surface area contributed by atoms with Crippen LogP contribution in [0.25, 0.3) is 0 Å². The molecule has 1 spiro atoms. The molecule has 6 heteroatoms. The van der Waals surface area contributed by atoms with Crippen LogP contribution in [0.4, 0.5) is 17.1 Å². The highest BCUT2D eigenvalue weighted by atomic mass is 16.5. The van der Waals surface area contributed by atoms with Crippen molar-refractivity contribution in [3.05, 3.63) is 113 Å². The molecule has 4 aromatic carbocycles. The van der Waals surface area contributed by atoms with Gasteiger partial charge in [-0.05, 0) is 68.3 Å². The van der Waals surface area contributed by atoms with Gasteiger partial charge in [-0.3, -0.25) is 10.2 Å². The zero-order chi connectivity index (χ0) is 25.6. The number of hydrogen-bond donors (Lipinski definition) is 3. The van der Waals surface area contributed by atoms with E-state index in [2.05, 4.69) is 72.2 Å². The van der Waals surface area contributed by atoms with Crippen molar-refractivity contribution in [2.45, 2.75) is 26.3 Å². The van der Waals surface area contributed by atoms with Crippen LogP contribution < -0.4 is 25.8 Å². The Balaban J connectivity index is 1.60. The molecule has 0 saturated heterocycles. The molecule has 0 bridgehead atoms. The van der Waals surface area contributed by atoms with Crippen LogP contribution >= 0.6 is 0 Å². The standard InChI is InChI=1S/C31H30N4O2/c1-4-35(5-2)22-15-16-25-29(18-22)37-28-17-20(3)27(32-21-11-7-6-8-12-21)19-26(28)31(25)24-14-10-9-13-23(24)30(36)33-34-31/h6-19,32,34H,4-5H2,1-3H3,(H,33,36). The summed E-state index contributed by atoms with van der Waals surface area (Å²) in [5, 5.41) is 3.56. The predicted octanol–water partition coefficient (Wildman–Crippen LogP) is 6.23. The Morgan fingerprint density at radius 2 is 1.57 bits per heavy atom. The molecule has 3 N–H and O–H groups in total. The lowest BCUT2D eigenvalue weighted by atomic mass is 9.72. The summed E-state index contributed by atoms with van der Waals surface area (Å²) < 4.78 is 6.61. The highest BCUT2D eigenvalue weighted by molar-refractivity contribution is 5.98. The van der Waals surface area contributed by atoms with Gasteiger partial charge in [-0.2, -0.15) is 0 Å². The molecule has 6 rings (SSSR count). The van der Waals surface area contributed by atoms with Gasteiger partial charge in [-0.15, -0.1) is 0 Å². The Kier molecular flexibility index (Phi) is 5.61. The van der Waals surface area contributed by atoms with Gasteiger partial charge >= 0.3 is 0 Å². The maximum Gasteiger partial charge on any atom is 0.265 e. The van der Waals surface area contributed by atoms with E-state index in [0.717, 1.165) is 63.9 Å². The van der Waals surface area contributed by atoms with Crippen LogP contribution in [0.5, 0.6) is 11.5 Å². The third kappa shape index (κ3) is 3.64. The number of carbonyl (C=O) groups excluding carboxylic acids is 1. The zero-order valence-corrected chi connectivity index (χ0v) is 21.3. The number of hydrogen-bond acceptors (Lipinski definition) is 5. The number of nitrogens with zero attached hydrogens (tertiary/aromatic N) is 1. The number of rotatable bonds is 5. The van der Waals surface area contributed by atoms with Gasteiger partial charge < -0.3 is 15.0 Å². The maximum absolute atomic E-state index is 12.9. The van der Waals surface area contributed by atoms with Gasteiger partial charge in [-0.1, -0.05) is 42.5 Å². The van der Waals surface area contributed by atoms with Crippen LogP contribution in [0.2, 0.25) is 0 Å². The largest absolute Gasteiger partial charge is 0.457 e. The molecule has 37 heavy (non-hydrogen) atoms. The second-order valence-electron chi connectivity index (χ2n) is 9.48. The van der Waals surface area contributed by atoms with E-state index >= 15 is 0 Å². The molecule has 1 amide bonds. The molecule has 0 radical (unpaired) electrons. The van der Waals surface area contributed by atoms with Gasteiger partial charge in [0, 0.05) is 52.9 Å². The van der Waals surface area contributed by atoms with E-state index in [9.17, 15) is 4.79 Å². The minimum absolute atomic E-state index is 0.148. The molecular formula is C31H30N4O2. The highest BCUT2D eigenvalue weighted by Crippen LogP contribution is 2.53. The second kappa shape index (κ2) is 8.98. The van der Waals surface area contributed by atoms with Crippen LogP contribution in [0.15, 0.2) is 84.9 Å². The molecule has 0 fully saturated rings. The van der Waals surface area contributed by atoms with Gasteiger partial charge in [-0.25, -0.2) is 5.43 Å². The van der Waals surface area contributed by atoms with E-state index in [0.29, 0.717) is 5.56 Å². The average Bonchev–Trinajstić information content (AvgIpc) is 2.93. The first-order valence-corrected chi connectivity index (χ1v) is 12.8. The summed E-state index contributed by atoms with van der Waals surface area (Å²) in [6.07, 6.45) is 0. The van der Waals surface area contributed by atoms with Gasteiger partial charge in [0.1, 0.15) is 17.0 Å². The van der Waals surface area contributed by atoms with Crippen molar-refractivity contribution < 1.29 is 9.53 Å². The minimum atomic E-state index is -0.823. The number of fused-ring (bicyclic) bond motifs is 6. The summed E-state index contributed by atoms with van der Waals surface area (Å²) >= 11 is 0. The van der Waals surface area contributed by atoms with Crippen molar-refractivity contribution in [2.24, 2.45) is 0 Å². The fourth-order valence-electron chi connectivity index (χ4n) is 5.54. The summed E-state index contributed by atoms with van der Waals surface area (Å²) in [5.41, 5.74) is 13.1. The minimum Gasteiger partial charge on any atom is -0.457 e. The summed E-state index contributed by atoms with van der Waals surface area (Å²) in [5.74, 6) is 1.39. The lowest BCUT2D eigenvalue weighted by Gasteiger charge is -2.45. The number of benzene rings is 4. The SMILES string of the molecule is CCN(CC)c1ccc2c(c1)Oc1cc(C)c(Nc3ccccc3)cc1C21NNC(=O)c2ccccc21. The second-order valence-corrected chi connectivity index (χ2v) is 9.48. The van der Waals surface area contributed by atoms with Gasteiger partial charge in [0.15, 0.2) is 0 Å². The molecular weight excluding hydrogens is 460 g/mol. The topological polar surface area (TPSA) is 65.6 Å². The van der Waals surface area contributed by atoms with Crippen molar-refractivity contribution in [1.82, 2.24) is 10.9 Å². The van der Waals surface area contributed by atoms with Crippen LogP contribution in [0, 0.1) is 6.92 Å². The number of amides is 1. The normalized spacial score (nSPS) is 17.2. The molecule has 1 unspecified atom stereocenters. The highest BCUT2D eigenvalue weighted by Gasteiger charge is 2.48. The number of nitrogens with one attached hydrogen (secondary N) is 3. The molecule has 2 aliphatic rings. The van der Waals surface area contributed by atoms with Crippen LogP contribution in [-0.2, 0) is 5.54 Å². The zero-order valence-electron chi connectivity index (χ0n) is 21.3. The smallest absolute Gasteiger partial charge is 0.265 e. The third-order valence-corrected chi connectivity index (χ3v) is 7.44. The quantitative estimate of drug-likeness (QED) is 0.309. The predicted molar refractivity (Wildman–Crippen MR) is 148 cm³/mol. The Labute approximate surface area is 217 Å². The third-order valence-electron chi connectivity index (χ3n) is 7.44. The molecule has 0 aliphatic carbocycles. The van der Waals surface area contributed by atoms with Gasteiger partial charge in [0.05, 0.1) is 0 Å². The maximum atomic E-state index is 12.9. The van der Waals surface area contributed by atoms with E-state index in [-0.39, 0.29) is 5.91 Å². The molecule has 1 atom stereocenters. The van der Waals surface area contributed by atoms with E-state index in [1.165, 1.54) is 0 Å². The fraction of sp³-hybridized carbons (Fsp3) is 0.194. The first-order chi connectivity index (χ1) is 18.0. The van der Waals surface area contributed by atoms with Gasteiger partial charge in [0.2, 0.25) is 0 Å². The Morgan fingerprint density at radius 3 is 2.35 bits per heavy atom. The van der Waals surface area contributed by atoms with E-state index in [4.69, 9.17) is 4.74 Å². The van der Waals surface area contributed by atoms with Crippen LogP contribution in [0.1, 0.15) is 46.5 Å². The lowest BCUT2D eigenvalue weighted by molar-refractivity contribution is 0.0894. The average molecular weight is 491 g/mol. The molecule has 6 nitrogen and oxygen atoms in total. The van der Waals surface area contributed by atoms with Crippen LogP contribution in [-0.4, -0.2) is 19.0 Å². The Morgan fingerprint density at radius 1 is 0.838 bits per heavy atom. The number of ether oxygens (including phenoxy) is 1. The number of carbonyl (C=O) groups is 1. The lowest BCUT2D eigenvalue weighted by Crippen LogP contribution is -2.58. The molecule has 186 valence electrons. The number of aryl methyl sites for hydroxylation is 1. The van der Waals surface area contributed by atoms with Crippen molar-refractivity contribution in [1.29, 1.82) is 0 Å². The van der Waals surface area contributed by atoms with Crippen LogP contribution in [0.3, 0.4) is 0 Å². The van der Waals surface area contributed by atoms with Crippen molar-refractivity contribution >= 4 is 23.0 Å². The molecule has 0 aromatic heterocycles. The monoisotopic (exact) mass is 490 g/mol. The van der Waals surface area contributed by atoms with Crippen molar-refractivity contribution in [3.8, 4) is 11.5 Å². The number of hydrazine groups is 1. The summed E-state index contributed by atoms with van der Waals surface area (Å²) in [6, 6.07) is 28.5. The first-order valence-electron chi connectivity index (χ1n) is 12.8. The summed E-state index contributed by atoms with van der Waals surface area (Å²) in [7, 11) is 0. The van der Waals surface area contributed by atoms with Crippen molar-refractivity contribution in [3.63, 3.8) is 0 Å². The summed E-state index contributed by atoms with van der Waals surface area (Å²) in [6.45, 7) is 8.19. The Bertz CT molecular complexity index is 1500. The molecule has 4 aromatic rings. The number of para-hydroxylation sites is 1. The molecule has 0 saturated carbocycles. The molecule has 2 aliphatic heterocycles. The molecule has 2 heterocycles. The summed E-state index contributed by atoms with van der Waals surface area (Å²) in [4.78, 5) is 15.2. The van der Waals surface area contributed by atoms with E-state index in [1.54, 1.807) is 0 Å². The van der Waals surface area contributed by atoms with Crippen molar-refractivity contribution in [2.75, 3.05) is 23.3 Å². The first kappa shape index (κ1) is 23.1. The number of anilines is 3. The fourth-order valence-corrected chi connectivity index (χ4v) is 5.54. The van der Waals surface area contributed by atoms with E-state index < -0.39 is 5.54 Å². The van der Waals surface area contributed by atoms with Gasteiger partial charge in [0.25, 0.3) is 5.91 Å². The van der Waals surface area contributed by atoms with E-state index in [1.807, 2.05) is 54.6 Å². The Hall–Kier alpha value is -4.29.